The first-order valence-corrected chi connectivity index (χ1v) is 7.60. The fourth-order valence-corrected chi connectivity index (χ4v) is 3.28. The summed E-state index contributed by atoms with van der Waals surface area (Å²) in [6.07, 6.45) is 7.11. The molecule has 1 atom stereocenters. The van der Waals surface area contributed by atoms with Gasteiger partial charge in [-0.15, -0.1) is 0 Å². The Bertz CT molecular complexity index is 558. The standard InChI is InChI=1S/C15H21NO4S/c1-5-7-11-10-12(8-9-14(17)18)15(3,4)16(21(19)20)13(11)6-2/h5-7,10H,1,8-9H2,2-4H3,(H,17,18)(H,19,20)/p-1/b11-7-,13-6+. The topological polar surface area (TPSA) is 80.7 Å². The van der Waals surface area contributed by atoms with Gasteiger partial charge in [0.1, 0.15) is 0 Å². The molecule has 0 fully saturated rings. The number of carboxylic acids is 1. The van der Waals surface area contributed by atoms with Crippen LogP contribution in [0, 0.1) is 0 Å². The van der Waals surface area contributed by atoms with Crippen molar-refractivity contribution in [3.63, 3.8) is 0 Å². The van der Waals surface area contributed by atoms with Crippen molar-refractivity contribution in [3.05, 3.63) is 47.7 Å². The minimum atomic E-state index is -2.46. The summed E-state index contributed by atoms with van der Waals surface area (Å²) in [6, 6.07) is 0. The van der Waals surface area contributed by atoms with Gasteiger partial charge in [0.2, 0.25) is 0 Å². The lowest BCUT2D eigenvalue weighted by Crippen LogP contribution is -2.48. The third-order valence-electron chi connectivity index (χ3n) is 3.47. The van der Waals surface area contributed by atoms with Crippen LogP contribution in [-0.2, 0) is 16.1 Å². The van der Waals surface area contributed by atoms with E-state index in [2.05, 4.69) is 6.58 Å². The minimum absolute atomic E-state index is 0.0405. The van der Waals surface area contributed by atoms with E-state index in [-0.39, 0.29) is 6.42 Å². The van der Waals surface area contributed by atoms with E-state index in [1.54, 1.807) is 39.0 Å². The van der Waals surface area contributed by atoms with Crippen LogP contribution in [0.2, 0.25) is 0 Å². The molecule has 0 radical (unpaired) electrons. The summed E-state index contributed by atoms with van der Waals surface area (Å²) in [4.78, 5) is 10.8. The maximum absolute atomic E-state index is 11.7. The summed E-state index contributed by atoms with van der Waals surface area (Å²) in [5.41, 5.74) is 1.22. The molecule has 0 aromatic carbocycles. The molecule has 1 rings (SSSR count). The van der Waals surface area contributed by atoms with Crippen molar-refractivity contribution < 1.29 is 18.7 Å². The van der Waals surface area contributed by atoms with Gasteiger partial charge in [0.25, 0.3) is 0 Å². The molecule has 0 aliphatic carbocycles. The molecule has 116 valence electrons. The summed E-state index contributed by atoms with van der Waals surface area (Å²) in [6.45, 7) is 8.93. The smallest absolute Gasteiger partial charge is 0.303 e. The third-order valence-corrected chi connectivity index (χ3v) is 4.42. The van der Waals surface area contributed by atoms with E-state index >= 15 is 0 Å². The molecule has 0 aromatic rings. The molecule has 5 nitrogen and oxygen atoms in total. The molecule has 0 bridgehead atoms. The van der Waals surface area contributed by atoms with Crippen LogP contribution in [0.15, 0.2) is 47.7 Å². The normalized spacial score (nSPS) is 23.0. The lowest BCUT2D eigenvalue weighted by Gasteiger charge is -2.47. The van der Waals surface area contributed by atoms with Crippen LogP contribution >= 0.6 is 0 Å². The number of rotatable bonds is 5. The fraction of sp³-hybridized carbons (Fsp3) is 0.400. The highest BCUT2D eigenvalue weighted by Gasteiger charge is 2.37. The Morgan fingerprint density at radius 2 is 2.19 bits per heavy atom. The van der Waals surface area contributed by atoms with E-state index in [9.17, 15) is 13.6 Å². The van der Waals surface area contributed by atoms with Crippen LogP contribution in [0.5, 0.6) is 0 Å². The summed E-state index contributed by atoms with van der Waals surface area (Å²) < 4.78 is 24.6. The van der Waals surface area contributed by atoms with Crippen LogP contribution in [0.25, 0.3) is 0 Å². The van der Waals surface area contributed by atoms with Crippen molar-refractivity contribution in [2.45, 2.75) is 39.2 Å². The predicted octanol–water partition coefficient (Wildman–Crippen LogP) is 2.68. The molecule has 1 aliphatic heterocycles. The van der Waals surface area contributed by atoms with Crippen molar-refractivity contribution in [2.24, 2.45) is 0 Å². The van der Waals surface area contributed by atoms with Crippen molar-refractivity contribution in [2.75, 3.05) is 0 Å². The average molecular weight is 310 g/mol. The van der Waals surface area contributed by atoms with Crippen LogP contribution in [0.1, 0.15) is 33.6 Å². The second-order valence-electron chi connectivity index (χ2n) is 5.17. The molecule has 1 N–H and O–H groups in total. The van der Waals surface area contributed by atoms with Gasteiger partial charge in [0.05, 0.1) is 11.2 Å². The lowest BCUT2D eigenvalue weighted by atomic mass is 9.84. The van der Waals surface area contributed by atoms with Crippen molar-refractivity contribution in [1.82, 2.24) is 4.31 Å². The molecule has 1 aliphatic rings. The molecule has 0 aromatic heterocycles. The molecule has 0 saturated carbocycles. The predicted molar refractivity (Wildman–Crippen MR) is 81.8 cm³/mol. The van der Waals surface area contributed by atoms with E-state index in [1.165, 1.54) is 4.31 Å². The van der Waals surface area contributed by atoms with Crippen molar-refractivity contribution in [1.29, 1.82) is 0 Å². The maximum atomic E-state index is 11.7. The molecule has 0 amide bonds. The Morgan fingerprint density at radius 3 is 2.62 bits per heavy atom. The van der Waals surface area contributed by atoms with Gasteiger partial charge < -0.3 is 9.66 Å². The molecular formula is C15H20NO4S-. The number of hydrogen-bond acceptors (Lipinski definition) is 3. The number of allylic oxidation sites excluding steroid dienone is 4. The largest absolute Gasteiger partial charge is 0.755 e. The summed E-state index contributed by atoms with van der Waals surface area (Å²) in [5, 5.41) is 8.85. The van der Waals surface area contributed by atoms with Gasteiger partial charge in [0.15, 0.2) is 0 Å². The molecule has 0 spiro atoms. The highest BCUT2D eigenvalue weighted by molar-refractivity contribution is 7.76. The van der Waals surface area contributed by atoms with Gasteiger partial charge in [0, 0.05) is 17.7 Å². The quantitative estimate of drug-likeness (QED) is 0.792. The van der Waals surface area contributed by atoms with Gasteiger partial charge in [-0.3, -0.25) is 13.3 Å². The Morgan fingerprint density at radius 1 is 1.57 bits per heavy atom. The zero-order valence-corrected chi connectivity index (χ0v) is 13.3. The van der Waals surface area contributed by atoms with E-state index in [0.29, 0.717) is 17.7 Å². The van der Waals surface area contributed by atoms with E-state index in [4.69, 9.17) is 5.11 Å². The zero-order valence-electron chi connectivity index (χ0n) is 12.5. The first-order chi connectivity index (χ1) is 9.75. The Labute approximate surface area is 127 Å². The Balaban J connectivity index is 3.41. The van der Waals surface area contributed by atoms with Crippen LogP contribution in [-0.4, -0.2) is 29.7 Å². The average Bonchev–Trinajstić information content (AvgIpc) is 2.37. The first kappa shape index (κ1) is 17.4. The Hall–Kier alpha value is -1.66. The second kappa shape index (κ2) is 6.87. The van der Waals surface area contributed by atoms with Gasteiger partial charge >= 0.3 is 5.97 Å². The fourth-order valence-electron chi connectivity index (χ4n) is 2.42. The number of carbonyl (C=O) groups is 1. The van der Waals surface area contributed by atoms with Gasteiger partial charge in [-0.2, -0.15) is 0 Å². The molecule has 6 heteroatoms. The van der Waals surface area contributed by atoms with E-state index in [0.717, 1.165) is 5.57 Å². The number of nitrogens with zero attached hydrogens (tertiary/aromatic N) is 1. The number of carboxylic acid groups (broad SMARTS) is 1. The molecule has 1 unspecified atom stereocenters. The van der Waals surface area contributed by atoms with Crippen LogP contribution in [0.4, 0.5) is 0 Å². The third kappa shape index (κ3) is 3.71. The van der Waals surface area contributed by atoms with Gasteiger partial charge in [-0.1, -0.05) is 30.9 Å². The highest BCUT2D eigenvalue weighted by atomic mass is 32.2. The summed E-state index contributed by atoms with van der Waals surface area (Å²) in [7, 11) is 0. The van der Waals surface area contributed by atoms with Gasteiger partial charge in [-0.25, -0.2) is 0 Å². The molecule has 1 heterocycles. The minimum Gasteiger partial charge on any atom is -0.755 e. The van der Waals surface area contributed by atoms with Crippen LogP contribution in [0.3, 0.4) is 0 Å². The second-order valence-corrected chi connectivity index (χ2v) is 5.96. The number of aliphatic carboxylic acids is 1. The lowest BCUT2D eigenvalue weighted by molar-refractivity contribution is -0.137. The van der Waals surface area contributed by atoms with Crippen molar-refractivity contribution in [3.8, 4) is 0 Å². The first-order valence-electron chi connectivity index (χ1n) is 6.57. The van der Waals surface area contributed by atoms with Crippen LogP contribution < -0.4 is 0 Å². The van der Waals surface area contributed by atoms with Gasteiger partial charge in [-0.05, 0) is 38.3 Å². The van der Waals surface area contributed by atoms with E-state index in [1.807, 2.05) is 6.08 Å². The molecule has 0 saturated heterocycles. The molecular weight excluding hydrogens is 290 g/mol. The molecule has 21 heavy (non-hydrogen) atoms. The monoisotopic (exact) mass is 310 g/mol. The van der Waals surface area contributed by atoms with Crippen molar-refractivity contribution >= 4 is 17.2 Å². The highest BCUT2D eigenvalue weighted by Crippen LogP contribution is 2.40. The zero-order chi connectivity index (χ0) is 16.2. The van der Waals surface area contributed by atoms with E-state index < -0.39 is 22.8 Å². The summed E-state index contributed by atoms with van der Waals surface area (Å²) >= 11 is -2.46. The SMILES string of the molecule is C=C/C=C1/C=C(CCC(=O)O)C(C)(C)N(S(=O)[O-])/C1=C/C. The maximum Gasteiger partial charge on any atom is 0.303 e. The summed E-state index contributed by atoms with van der Waals surface area (Å²) in [5.74, 6) is -0.910. The Kier molecular flexibility index (Phi) is 5.69. The number of hydrogen-bond donors (Lipinski definition) is 1.